The highest BCUT2D eigenvalue weighted by Crippen LogP contribution is 2.17. The van der Waals surface area contributed by atoms with Crippen LogP contribution in [0.25, 0.3) is 0 Å². The molecule has 2 rings (SSSR count). The first kappa shape index (κ1) is 18.8. The molecule has 0 unspecified atom stereocenters. The molecule has 0 radical (unpaired) electrons. The topological polar surface area (TPSA) is 90.7 Å². The molecule has 0 atom stereocenters. The molecule has 1 saturated heterocycles. The molecule has 25 heavy (non-hydrogen) atoms. The van der Waals surface area contributed by atoms with Crippen molar-refractivity contribution in [3.63, 3.8) is 0 Å². The van der Waals surface area contributed by atoms with Gasteiger partial charge in [-0.2, -0.15) is 5.26 Å². The number of nitrogens with zero attached hydrogens (tertiary/aromatic N) is 3. The summed E-state index contributed by atoms with van der Waals surface area (Å²) in [5, 5.41) is 8.62. The van der Waals surface area contributed by atoms with Gasteiger partial charge in [0, 0.05) is 24.5 Å². The Bertz CT molecular complexity index is 684. The van der Waals surface area contributed by atoms with E-state index >= 15 is 0 Å². The minimum Gasteiger partial charge on any atom is -0.454 e. The lowest BCUT2D eigenvalue weighted by atomic mass is 10.2. The predicted molar refractivity (Wildman–Crippen MR) is 94.1 cm³/mol. The molecule has 132 valence electrons. The van der Waals surface area contributed by atoms with E-state index in [1.165, 1.54) is 9.80 Å². The third-order valence-electron chi connectivity index (χ3n) is 3.62. The van der Waals surface area contributed by atoms with Crippen molar-refractivity contribution in [3.8, 4) is 6.07 Å². The molecule has 0 aliphatic carbocycles. The maximum atomic E-state index is 12.4. The number of amides is 2. The van der Waals surface area contributed by atoms with Crippen molar-refractivity contribution in [2.24, 2.45) is 0 Å². The maximum absolute atomic E-state index is 12.4. The number of hydrogen-bond acceptors (Lipinski definition) is 6. The molecule has 8 heteroatoms. The Hall–Kier alpha value is -2.53. The number of aryl methyl sites for hydroxylation is 1. The zero-order valence-electron chi connectivity index (χ0n) is 13.9. The van der Waals surface area contributed by atoms with Crippen LogP contribution < -0.4 is 4.90 Å². The molecule has 1 heterocycles. The van der Waals surface area contributed by atoms with E-state index in [1.54, 1.807) is 12.1 Å². The Labute approximate surface area is 150 Å². The number of hydrogen-bond donors (Lipinski definition) is 0. The summed E-state index contributed by atoms with van der Waals surface area (Å²) < 4.78 is 5.00. The monoisotopic (exact) mass is 361 g/mol. The van der Waals surface area contributed by atoms with Gasteiger partial charge in [-0.15, -0.1) is 0 Å². The van der Waals surface area contributed by atoms with Crippen LogP contribution in [0.5, 0.6) is 0 Å². The van der Waals surface area contributed by atoms with Gasteiger partial charge in [0.2, 0.25) is 0 Å². The van der Waals surface area contributed by atoms with E-state index in [9.17, 15) is 14.4 Å². The molecular weight excluding hydrogens is 342 g/mol. The van der Waals surface area contributed by atoms with Crippen molar-refractivity contribution in [2.45, 2.75) is 13.3 Å². The smallest absolute Gasteiger partial charge is 0.326 e. The molecule has 1 aliphatic rings. The fraction of sp³-hybridized carbons (Fsp3) is 0.412. The summed E-state index contributed by atoms with van der Waals surface area (Å²) in [4.78, 5) is 38.5. The third-order valence-corrected chi connectivity index (χ3v) is 4.51. The van der Waals surface area contributed by atoms with E-state index in [2.05, 4.69) is 0 Å². The summed E-state index contributed by atoms with van der Waals surface area (Å²) >= 11 is 1.16. The Morgan fingerprint density at radius 2 is 2.08 bits per heavy atom. The molecule has 0 saturated carbocycles. The van der Waals surface area contributed by atoms with E-state index in [-0.39, 0.29) is 24.7 Å². The zero-order chi connectivity index (χ0) is 18.2. The highest BCUT2D eigenvalue weighted by molar-refractivity contribution is 8.13. The minimum atomic E-state index is -0.617. The van der Waals surface area contributed by atoms with E-state index in [4.69, 9.17) is 10.00 Å². The lowest BCUT2D eigenvalue weighted by Gasteiger charge is -2.22. The number of anilines is 1. The summed E-state index contributed by atoms with van der Waals surface area (Å²) in [6.45, 7) is 2.08. The van der Waals surface area contributed by atoms with Crippen LogP contribution in [0.3, 0.4) is 0 Å². The second kappa shape index (κ2) is 9.08. The fourth-order valence-electron chi connectivity index (χ4n) is 2.28. The van der Waals surface area contributed by atoms with E-state index in [0.717, 1.165) is 17.3 Å². The van der Waals surface area contributed by atoms with Gasteiger partial charge in [-0.3, -0.25) is 14.4 Å². The van der Waals surface area contributed by atoms with Crippen LogP contribution in [0.2, 0.25) is 0 Å². The summed E-state index contributed by atoms with van der Waals surface area (Å²) in [7, 11) is 0. The molecule has 0 N–H and O–H groups in total. The second-order valence-electron chi connectivity index (χ2n) is 5.49. The van der Waals surface area contributed by atoms with Crippen LogP contribution in [0, 0.1) is 18.3 Å². The predicted octanol–water partition coefficient (Wildman–Crippen LogP) is 1.95. The zero-order valence-corrected chi connectivity index (χ0v) is 14.8. The first-order valence-electron chi connectivity index (χ1n) is 7.82. The summed E-state index contributed by atoms with van der Waals surface area (Å²) in [5.41, 5.74) is 1.70. The van der Waals surface area contributed by atoms with Crippen molar-refractivity contribution in [3.05, 3.63) is 29.8 Å². The molecule has 0 spiro atoms. The Morgan fingerprint density at radius 1 is 1.36 bits per heavy atom. The van der Waals surface area contributed by atoms with Crippen LogP contribution in [0.1, 0.15) is 12.0 Å². The van der Waals surface area contributed by atoms with Crippen molar-refractivity contribution in [2.75, 3.05) is 36.9 Å². The number of nitriles is 1. The summed E-state index contributed by atoms with van der Waals surface area (Å²) in [6.07, 6.45) is 0.174. The van der Waals surface area contributed by atoms with Gasteiger partial charge in [0.05, 0.1) is 12.5 Å². The normalized spacial score (nSPS) is 13.4. The molecule has 1 aromatic rings. The van der Waals surface area contributed by atoms with Crippen LogP contribution in [0.15, 0.2) is 24.3 Å². The Kier molecular flexibility index (Phi) is 6.83. The van der Waals surface area contributed by atoms with Crippen molar-refractivity contribution >= 4 is 34.6 Å². The quantitative estimate of drug-likeness (QED) is 0.690. The van der Waals surface area contributed by atoms with Crippen molar-refractivity contribution in [1.29, 1.82) is 5.26 Å². The van der Waals surface area contributed by atoms with Crippen LogP contribution in [-0.4, -0.2) is 54.0 Å². The van der Waals surface area contributed by atoms with Gasteiger partial charge in [-0.25, -0.2) is 0 Å². The largest absolute Gasteiger partial charge is 0.454 e. The number of carbonyl (C=O) groups excluding carboxylic acids is 3. The Morgan fingerprint density at radius 3 is 2.68 bits per heavy atom. The number of thioether (sulfide) groups is 1. The highest BCUT2D eigenvalue weighted by atomic mass is 32.2. The Balaban J connectivity index is 1.92. The number of rotatable bonds is 7. The van der Waals surface area contributed by atoms with Gasteiger partial charge in [0.15, 0.2) is 6.61 Å². The van der Waals surface area contributed by atoms with Crippen LogP contribution in [0.4, 0.5) is 10.5 Å². The maximum Gasteiger partial charge on any atom is 0.326 e. The number of carbonyl (C=O) groups is 3. The number of esters is 1. The molecule has 1 fully saturated rings. The molecular formula is C17H19N3O4S. The van der Waals surface area contributed by atoms with E-state index in [1.807, 2.05) is 25.1 Å². The average Bonchev–Trinajstić information content (AvgIpc) is 2.99. The van der Waals surface area contributed by atoms with Gasteiger partial charge < -0.3 is 14.5 Å². The highest BCUT2D eigenvalue weighted by Gasteiger charge is 2.25. The third kappa shape index (κ3) is 5.50. The lowest BCUT2D eigenvalue weighted by molar-refractivity contribution is -0.148. The first-order chi connectivity index (χ1) is 12.0. The fourth-order valence-corrected chi connectivity index (χ4v) is 3.10. The van der Waals surface area contributed by atoms with E-state index < -0.39 is 18.5 Å². The van der Waals surface area contributed by atoms with Crippen LogP contribution in [-0.2, 0) is 14.3 Å². The van der Waals surface area contributed by atoms with Gasteiger partial charge >= 0.3 is 5.97 Å². The molecule has 0 bridgehead atoms. The average molecular weight is 361 g/mol. The standard InChI is InChI=1S/C17H19N3O4S/c1-13-3-5-14(6-4-13)20(8-2-7-18)15(21)12-24-16(22)11-19-9-10-25-17(19)23/h3-6H,2,8-12H2,1H3. The molecule has 0 aromatic heterocycles. The molecule has 1 aromatic carbocycles. The van der Waals surface area contributed by atoms with Gasteiger partial charge in [0.25, 0.3) is 11.1 Å². The van der Waals surface area contributed by atoms with Crippen molar-refractivity contribution in [1.82, 2.24) is 4.90 Å². The molecule has 2 amide bonds. The van der Waals surface area contributed by atoms with Gasteiger partial charge in [-0.1, -0.05) is 29.5 Å². The number of benzene rings is 1. The number of ether oxygens (including phenoxy) is 1. The SMILES string of the molecule is Cc1ccc(N(CCC#N)C(=O)COC(=O)CN2CCSC2=O)cc1. The molecule has 1 aliphatic heterocycles. The second-order valence-corrected chi connectivity index (χ2v) is 6.53. The molecule has 7 nitrogen and oxygen atoms in total. The van der Waals surface area contributed by atoms with Crippen molar-refractivity contribution < 1.29 is 19.1 Å². The minimum absolute atomic E-state index is 0.151. The van der Waals surface area contributed by atoms with Gasteiger partial charge in [-0.05, 0) is 19.1 Å². The summed E-state index contributed by atoms with van der Waals surface area (Å²) in [6, 6.07) is 9.30. The van der Waals surface area contributed by atoms with E-state index in [0.29, 0.717) is 18.0 Å². The van der Waals surface area contributed by atoms with Gasteiger partial charge in [0.1, 0.15) is 6.54 Å². The van der Waals surface area contributed by atoms with Crippen LogP contribution >= 0.6 is 11.8 Å². The summed E-state index contributed by atoms with van der Waals surface area (Å²) in [5.74, 6) is -0.372. The first-order valence-corrected chi connectivity index (χ1v) is 8.81. The lowest BCUT2D eigenvalue weighted by Crippen LogP contribution is -2.37.